The molecule has 0 bridgehead atoms. The lowest BCUT2D eigenvalue weighted by Crippen LogP contribution is -2.38. The quantitative estimate of drug-likeness (QED) is 0.691. The molecule has 1 rings (SSSR count). The van der Waals surface area contributed by atoms with Crippen LogP contribution in [0.15, 0.2) is 0 Å². The summed E-state index contributed by atoms with van der Waals surface area (Å²) in [5.41, 5.74) is -0.451. The minimum atomic E-state index is -0.451. The lowest BCUT2D eigenvalue weighted by molar-refractivity contribution is 0.0260. The molecule has 0 aromatic rings. The molecule has 0 radical (unpaired) electrons. The molecular formula is C11H22N2O3. The summed E-state index contributed by atoms with van der Waals surface area (Å²) in [7, 11) is 0. The maximum atomic E-state index is 11.8. The first-order chi connectivity index (χ1) is 7.42. The minimum absolute atomic E-state index is 0.0902. The Balaban J connectivity index is 2.45. The first-order valence-corrected chi connectivity index (χ1v) is 5.74. The lowest BCUT2D eigenvalue weighted by atomic mass is 10.2. The SMILES string of the molecule is CC(C)(C)OC(=O)N1CCN[C@H](CO)CC1. The molecule has 0 aliphatic carbocycles. The molecule has 0 spiro atoms. The number of carbonyl (C=O) groups excluding carboxylic acids is 1. The number of nitrogens with one attached hydrogen (secondary N) is 1. The highest BCUT2D eigenvalue weighted by molar-refractivity contribution is 5.68. The summed E-state index contributed by atoms with van der Waals surface area (Å²) >= 11 is 0. The number of rotatable bonds is 1. The van der Waals surface area contributed by atoms with Crippen molar-refractivity contribution in [3.63, 3.8) is 0 Å². The predicted octanol–water partition coefficient (Wildman–Crippen LogP) is 0.578. The fourth-order valence-corrected chi connectivity index (χ4v) is 1.59. The van der Waals surface area contributed by atoms with Gasteiger partial charge >= 0.3 is 6.09 Å². The molecule has 1 heterocycles. The van der Waals surface area contributed by atoms with E-state index in [4.69, 9.17) is 9.84 Å². The Morgan fingerprint density at radius 1 is 1.50 bits per heavy atom. The molecule has 1 aliphatic rings. The highest BCUT2D eigenvalue weighted by Crippen LogP contribution is 2.11. The van der Waals surface area contributed by atoms with E-state index in [1.165, 1.54) is 0 Å². The van der Waals surface area contributed by atoms with Crippen LogP contribution in [0.4, 0.5) is 4.79 Å². The lowest BCUT2D eigenvalue weighted by Gasteiger charge is -2.26. The van der Waals surface area contributed by atoms with E-state index in [2.05, 4.69) is 5.32 Å². The van der Waals surface area contributed by atoms with Crippen molar-refractivity contribution >= 4 is 6.09 Å². The van der Waals surface area contributed by atoms with E-state index in [-0.39, 0.29) is 18.7 Å². The first kappa shape index (κ1) is 13.3. The van der Waals surface area contributed by atoms with Crippen molar-refractivity contribution in [2.45, 2.75) is 38.8 Å². The van der Waals surface area contributed by atoms with E-state index < -0.39 is 5.60 Å². The van der Waals surface area contributed by atoms with Gasteiger partial charge in [-0.2, -0.15) is 0 Å². The molecule has 0 saturated carbocycles. The zero-order chi connectivity index (χ0) is 12.2. The number of ether oxygens (including phenoxy) is 1. The fourth-order valence-electron chi connectivity index (χ4n) is 1.59. The Bertz CT molecular complexity index is 238. The van der Waals surface area contributed by atoms with E-state index in [1.54, 1.807) is 4.90 Å². The zero-order valence-electron chi connectivity index (χ0n) is 10.3. The number of aliphatic hydroxyl groups is 1. The number of aliphatic hydroxyl groups excluding tert-OH is 1. The van der Waals surface area contributed by atoms with Gasteiger partial charge in [0, 0.05) is 25.7 Å². The normalized spacial score (nSPS) is 22.8. The van der Waals surface area contributed by atoms with Crippen molar-refractivity contribution in [3.05, 3.63) is 0 Å². The van der Waals surface area contributed by atoms with Crippen molar-refractivity contribution in [2.75, 3.05) is 26.2 Å². The number of hydrogen-bond donors (Lipinski definition) is 2. The third kappa shape index (κ3) is 4.37. The van der Waals surface area contributed by atoms with Gasteiger partial charge in [0.05, 0.1) is 6.61 Å². The van der Waals surface area contributed by atoms with E-state index in [9.17, 15) is 4.79 Å². The largest absolute Gasteiger partial charge is 0.444 e. The third-order valence-electron chi connectivity index (χ3n) is 2.43. The minimum Gasteiger partial charge on any atom is -0.444 e. The van der Waals surface area contributed by atoms with Crippen LogP contribution >= 0.6 is 0 Å². The zero-order valence-corrected chi connectivity index (χ0v) is 10.3. The van der Waals surface area contributed by atoms with Crippen molar-refractivity contribution in [3.8, 4) is 0 Å². The standard InChI is InChI=1S/C11H22N2O3/c1-11(2,3)16-10(15)13-6-4-9(8-14)12-5-7-13/h9,12,14H,4-8H2,1-3H3/t9-/m0/s1. The Hall–Kier alpha value is -0.810. The summed E-state index contributed by atoms with van der Waals surface area (Å²) < 4.78 is 5.30. The molecule has 0 aromatic heterocycles. The molecule has 1 amide bonds. The highest BCUT2D eigenvalue weighted by Gasteiger charge is 2.24. The van der Waals surface area contributed by atoms with Crippen molar-refractivity contribution in [1.29, 1.82) is 0 Å². The molecule has 16 heavy (non-hydrogen) atoms. The van der Waals surface area contributed by atoms with Gasteiger partial charge in [-0.3, -0.25) is 0 Å². The highest BCUT2D eigenvalue weighted by atomic mass is 16.6. The van der Waals surface area contributed by atoms with E-state index in [0.717, 1.165) is 6.42 Å². The molecule has 5 nitrogen and oxygen atoms in total. The fraction of sp³-hybridized carbons (Fsp3) is 0.909. The summed E-state index contributed by atoms with van der Waals surface area (Å²) in [5, 5.41) is 12.2. The van der Waals surface area contributed by atoms with Crippen molar-refractivity contribution < 1.29 is 14.6 Å². The predicted molar refractivity (Wildman–Crippen MR) is 61.3 cm³/mol. The third-order valence-corrected chi connectivity index (χ3v) is 2.43. The summed E-state index contributed by atoms with van der Waals surface area (Å²) in [5.74, 6) is 0. The van der Waals surface area contributed by atoms with Crippen LogP contribution < -0.4 is 5.32 Å². The molecular weight excluding hydrogens is 208 g/mol. The molecule has 0 unspecified atom stereocenters. The van der Waals surface area contributed by atoms with Crippen LogP contribution in [0.1, 0.15) is 27.2 Å². The van der Waals surface area contributed by atoms with Crippen LogP contribution in [-0.2, 0) is 4.74 Å². The van der Waals surface area contributed by atoms with Gasteiger partial charge in [0.25, 0.3) is 0 Å². The summed E-state index contributed by atoms with van der Waals surface area (Å²) in [6.45, 7) is 7.65. The second kappa shape index (κ2) is 5.50. The van der Waals surface area contributed by atoms with Gasteiger partial charge < -0.3 is 20.1 Å². The monoisotopic (exact) mass is 230 g/mol. The molecule has 1 fully saturated rings. The van der Waals surface area contributed by atoms with E-state index in [0.29, 0.717) is 19.6 Å². The van der Waals surface area contributed by atoms with Crippen LogP contribution in [-0.4, -0.2) is 54.0 Å². The maximum Gasteiger partial charge on any atom is 0.410 e. The second-order valence-corrected chi connectivity index (χ2v) is 5.09. The molecule has 94 valence electrons. The van der Waals surface area contributed by atoms with Crippen LogP contribution in [0, 0.1) is 0 Å². The number of carbonyl (C=O) groups is 1. The van der Waals surface area contributed by atoms with Crippen LogP contribution in [0.2, 0.25) is 0 Å². The van der Waals surface area contributed by atoms with E-state index >= 15 is 0 Å². The number of nitrogens with zero attached hydrogens (tertiary/aromatic N) is 1. The Kier molecular flexibility index (Phi) is 4.56. The van der Waals surface area contributed by atoms with Crippen molar-refractivity contribution in [1.82, 2.24) is 10.2 Å². The molecule has 1 aliphatic heterocycles. The van der Waals surface area contributed by atoms with Gasteiger partial charge in [-0.1, -0.05) is 0 Å². The average molecular weight is 230 g/mol. The summed E-state index contributed by atoms with van der Waals surface area (Å²) in [4.78, 5) is 13.5. The Morgan fingerprint density at radius 3 is 2.75 bits per heavy atom. The summed E-state index contributed by atoms with van der Waals surface area (Å²) in [6.07, 6.45) is 0.489. The second-order valence-electron chi connectivity index (χ2n) is 5.09. The number of hydrogen-bond acceptors (Lipinski definition) is 4. The van der Waals surface area contributed by atoms with Gasteiger partial charge in [0.15, 0.2) is 0 Å². The molecule has 2 N–H and O–H groups in total. The Labute approximate surface area is 96.8 Å². The van der Waals surface area contributed by atoms with Gasteiger partial charge in [-0.05, 0) is 27.2 Å². The number of amides is 1. The van der Waals surface area contributed by atoms with Gasteiger partial charge in [-0.15, -0.1) is 0 Å². The molecule has 1 saturated heterocycles. The molecule has 1 atom stereocenters. The molecule has 0 aromatic carbocycles. The van der Waals surface area contributed by atoms with E-state index in [1.807, 2.05) is 20.8 Å². The smallest absolute Gasteiger partial charge is 0.410 e. The van der Waals surface area contributed by atoms with Crippen LogP contribution in [0.25, 0.3) is 0 Å². The Morgan fingerprint density at radius 2 is 2.19 bits per heavy atom. The maximum absolute atomic E-state index is 11.8. The summed E-state index contributed by atoms with van der Waals surface area (Å²) in [6, 6.07) is 0.0902. The van der Waals surface area contributed by atoms with Gasteiger partial charge in [0.1, 0.15) is 5.60 Å². The molecule has 5 heteroatoms. The van der Waals surface area contributed by atoms with Gasteiger partial charge in [-0.25, -0.2) is 4.79 Å². The van der Waals surface area contributed by atoms with Crippen LogP contribution in [0.3, 0.4) is 0 Å². The topological polar surface area (TPSA) is 61.8 Å². The van der Waals surface area contributed by atoms with Crippen molar-refractivity contribution in [2.24, 2.45) is 0 Å². The first-order valence-electron chi connectivity index (χ1n) is 5.74. The van der Waals surface area contributed by atoms with Gasteiger partial charge in [0.2, 0.25) is 0 Å². The van der Waals surface area contributed by atoms with Crippen LogP contribution in [0.5, 0.6) is 0 Å². The average Bonchev–Trinajstić information content (AvgIpc) is 2.39.